The largest absolute Gasteiger partial charge is 0.384 e. The summed E-state index contributed by atoms with van der Waals surface area (Å²) in [5, 5.41) is 19.7. The number of nitrogen functional groups attached to an aromatic ring is 1. The molecular weight excluding hydrogens is 256 g/mol. The van der Waals surface area contributed by atoms with E-state index in [1.54, 1.807) is 4.57 Å². The van der Waals surface area contributed by atoms with Gasteiger partial charge in [0.05, 0.1) is 11.8 Å². The van der Waals surface area contributed by atoms with Gasteiger partial charge in [-0.15, -0.1) is 0 Å². The molecule has 2 heterocycles. The predicted octanol–water partition coefficient (Wildman–Crippen LogP) is 1.08. The van der Waals surface area contributed by atoms with Crippen molar-refractivity contribution >= 4 is 22.7 Å². The normalized spacial score (nSPS) is 18.3. The van der Waals surface area contributed by atoms with Crippen LogP contribution in [0.2, 0.25) is 0 Å². The molecule has 102 valence electrons. The summed E-state index contributed by atoms with van der Waals surface area (Å²) in [7, 11) is 0. The van der Waals surface area contributed by atoms with Crippen LogP contribution in [-0.2, 0) is 0 Å². The zero-order valence-corrected chi connectivity index (χ0v) is 10.8. The van der Waals surface area contributed by atoms with Crippen molar-refractivity contribution in [2.45, 2.75) is 31.3 Å². The first-order chi connectivity index (χ1) is 9.65. The summed E-state index contributed by atoms with van der Waals surface area (Å²) in [6.07, 6.45) is 7.34. The smallest absolute Gasteiger partial charge is 0.169 e. The summed E-state index contributed by atoms with van der Waals surface area (Å²) >= 11 is 0. The molecule has 0 atom stereocenters. The second-order valence-electron chi connectivity index (χ2n) is 4.94. The van der Waals surface area contributed by atoms with Gasteiger partial charge in [-0.05, 0) is 12.8 Å². The van der Waals surface area contributed by atoms with Crippen molar-refractivity contribution in [1.82, 2.24) is 19.5 Å². The number of aromatic nitrogens is 4. The summed E-state index contributed by atoms with van der Waals surface area (Å²) in [6.45, 7) is 0. The molecule has 20 heavy (non-hydrogen) atoms. The van der Waals surface area contributed by atoms with E-state index in [2.05, 4.69) is 15.0 Å². The number of rotatable bonds is 2. The van der Waals surface area contributed by atoms with Gasteiger partial charge in [0.1, 0.15) is 18.3 Å². The Morgan fingerprint density at radius 1 is 1.40 bits per heavy atom. The van der Waals surface area contributed by atoms with E-state index in [4.69, 9.17) is 11.0 Å². The molecule has 0 radical (unpaired) electrons. The number of fused-ring (bicyclic) bond motifs is 1. The monoisotopic (exact) mass is 270 g/mol. The van der Waals surface area contributed by atoms with Crippen LogP contribution in [0.3, 0.4) is 0 Å². The Balaban J connectivity index is 2.19. The molecule has 0 aromatic carbocycles. The molecular formula is C13H14N6O. The number of aliphatic hydroxyl groups is 1. The average Bonchev–Trinajstić information content (AvgIpc) is 3.04. The van der Waals surface area contributed by atoms with E-state index in [-0.39, 0.29) is 5.82 Å². The third-order valence-electron chi connectivity index (χ3n) is 3.73. The molecule has 2 aromatic rings. The van der Waals surface area contributed by atoms with Gasteiger partial charge in [0, 0.05) is 6.08 Å². The van der Waals surface area contributed by atoms with E-state index in [0.717, 1.165) is 12.8 Å². The topological polar surface area (TPSA) is 114 Å². The van der Waals surface area contributed by atoms with Crippen molar-refractivity contribution in [1.29, 1.82) is 5.26 Å². The first kappa shape index (κ1) is 12.6. The number of hydrogen-bond donors (Lipinski definition) is 2. The van der Waals surface area contributed by atoms with Gasteiger partial charge in [-0.3, -0.25) is 4.57 Å². The molecule has 1 aliphatic carbocycles. The highest BCUT2D eigenvalue weighted by Crippen LogP contribution is 2.39. The van der Waals surface area contributed by atoms with E-state index in [9.17, 15) is 5.11 Å². The van der Waals surface area contributed by atoms with Crippen molar-refractivity contribution in [3.8, 4) is 6.07 Å². The third-order valence-corrected chi connectivity index (χ3v) is 3.73. The average molecular weight is 270 g/mol. The quantitative estimate of drug-likeness (QED) is 0.789. The number of nitrogens with zero attached hydrogens (tertiary/aromatic N) is 5. The van der Waals surface area contributed by atoms with Crippen LogP contribution in [-0.4, -0.2) is 30.2 Å². The maximum absolute atomic E-state index is 10.7. The molecule has 0 saturated heterocycles. The maximum atomic E-state index is 10.7. The van der Waals surface area contributed by atoms with Crippen LogP contribution in [0.25, 0.3) is 16.9 Å². The Morgan fingerprint density at radius 2 is 2.15 bits per heavy atom. The summed E-state index contributed by atoms with van der Waals surface area (Å²) < 4.78 is 1.63. The molecule has 1 saturated carbocycles. The van der Waals surface area contributed by atoms with Gasteiger partial charge in [0.2, 0.25) is 0 Å². The lowest BCUT2D eigenvalue weighted by Crippen LogP contribution is -2.29. The molecule has 0 amide bonds. The number of anilines is 1. The lowest BCUT2D eigenvalue weighted by molar-refractivity contribution is 0.104. The van der Waals surface area contributed by atoms with Gasteiger partial charge in [0.15, 0.2) is 17.0 Å². The zero-order valence-electron chi connectivity index (χ0n) is 10.8. The molecule has 0 unspecified atom stereocenters. The Kier molecular flexibility index (Phi) is 2.88. The molecule has 1 fully saturated rings. The van der Waals surface area contributed by atoms with E-state index >= 15 is 0 Å². The van der Waals surface area contributed by atoms with Crippen LogP contribution in [0.1, 0.15) is 25.7 Å². The van der Waals surface area contributed by atoms with Crippen molar-refractivity contribution in [3.63, 3.8) is 0 Å². The Morgan fingerprint density at radius 3 is 2.85 bits per heavy atom. The van der Waals surface area contributed by atoms with Crippen LogP contribution in [0, 0.1) is 11.3 Å². The first-order valence-electron chi connectivity index (χ1n) is 6.42. The molecule has 0 bridgehead atoms. The minimum Gasteiger partial charge on any atom is -0.384 e. The van der Waals surface area contributed by atoms with E-state index in [0.29, 0.717) is 29.7 Å². The number of hydrogen-bond acceptors (Lipinski definition) is 6. The van der Waals surface area contributed by atoms with Crippen molar-refractivity contribution < 1.29 is 5.11 Å². The first-order valence-corrected chi connectivity index (χ1v) is 6.42. The van der Waals surface area contributed by atoms with E-state index in [1.807, 2.05) is 6.07 Å². The van der Waals surface area contributed by atoms with E-state index in [1.165, 1.54) is 18.7 Å². The summed E-state index contributed by atoms with van der Waals surface area (Å²) in [5.41, 5.74) is 6.21. The second kappa shape index (κ2) is 4.58. The molecule has 7 heteroatoms. The Labute approximate surface area is 115 Å². The van der Waals surface area contributed by atoms with Crippen LogP contribution in [0.5, 0.6) is 0 Å². The molecule has 2 aromatic heterocycles. The molecule has 1 aliphatic rings. The number of nitriles is 1. The fourth-order valence-corrected chi connectivity index (χ4v) is 2.73. The molecule has 7 nitrogen and oxygen atoms in total. The highest BCUT2D eigenvalue weighted by Gasteiger charge is 2.37. The van der Waals surface area contributed by atoms with Gasteiger partial charge in [0.25, 0.3) is 0 Å². The second-order valence-corrected chi connectivity index (χ2v) is 4.94. The predicted molar refractivity (Wildman–Crippen MR) is 73.0 cm³/mol. The highest BCUT2D eigenvalue weighted by atomic mass is 16.3. The van der Waals surface area contributed by atoms with E-state index < -0.39 is 5.60 Å². The fourth-order valence-electron chi connectivity index (χ4n) is 2.73. The maximum Gasteiger partial charge on any atom is 0.169 e. The van der Waals surface area contributed by atoms with Gasteiger partial charge in [-0.1, -0.05) is 12.8 Å². The lowest BCUT2D eigenvalue weighted by atomic mass is 9.97. The SMILES string of the molecule is N#C/C=C(\n1cnc2c(N)ncnc21)C1(O)CCCC1. The summed E-state index contributed by atoms with van der Waals surface area (Å²) in [4.78, 5) is 12.2. The third kappa shape index (κ3) is 1.82. The summed E-state index contributed by atoms with van der Waals surface area (Å²) in [6, 6.07) is 1.99. The summed E-state index contributed by atoms with van der Waals surface area (Å²) in [5.74, 6) is 0.281. The van der Waals surface area contributed by atoms with Gasteiger partial charge in [-0.25, -0.2) is 15.0 Å². The molecule has 0 aliphatic heterocycles. The molecule has 3 rings (SSSR count). The Hall–Kier alpha value is -2.46. The van der Waals surface area contributed by atoms with Crippen LogP contribution in [0.15, 0.2) is 18.7 Å². The van der Waals surface area contributed by atoms with Crippen LogP contribution >= 0.6 is 0 Å². The molecule has 0 spiro atoms. The van der Waals surface area contributed by atoms with Crippen molar-refractivity contribution in [2.75, 3.05) is 5.73 Å². The number of nitrogens with two attached hydrogens (primary N) is 1. The Bertz CT molecular complexity index is 720. The standard InChI is InChI=1S/C13H14N6O/c14-6-3-9(13(20)4-1-2-5-13)19-8-18-10-11(15)16-7-17-12(10)19/h3,7-8,20H,1-2,4-5H2,(H2,15,16,17)/b9-3-. The lowest BCUT2D eigenvalue weighted by Gasteiger charge is -2.25. The number of allylic oxidation sites excluding steroid dienone is 1. The minimum absolute atomic E-state index is 0.281. The number of imidazole rings is 1. The minimum atomic E-state index is -1.01. The van der Waals surface area contributed by atoms with Crippen molar-refractivity contribution in [3.05, 3.63) is 18.7 Å². The van der Waals surface area contributed by atoms with Crippen LogP contribution < -0.4 is 5.73 Å². The van der Waals surface area contributed by atoms with Crippen molar-refractivity contribution in [2.24, 2.45) is 0 Å². The van der Waals surface area contributed by atoms with Crippen LogP contribution in [0.4, 0.5) is 5.82 Å². The van der Waals surface area contributed by atoms with Gasteiger partial charge in [-0.2, -0.15) is 5.26 Å². The zero-order chi connectivity index (χ0) is 14.2. The molecule has 3 N–H and O–H groups in total. The van der Waals surface area contributed by atoms with Gasteiger partial charge >= 0.3 is 0 Å². The van der Waals surface area contributed by atoms with Gasteiger partial charge < -0.3 is 10.8 Å². The highest BCUT2D eigenvalue weighted by molar-refractivity contribution is 5.84. The fraction of sp³-hybridized carbons (Fsp3) is 0.385.